The number of nitrogens with two attached hydrogens (primary N) is 1. The highest BCUT2D eigenvalue weighted by atomic mass is 16.1. The number of hydrogen-bond acceptors (Lipinski definition) is 2. The predicted molar refractivity (Wildman–Crippen MR) is 77.8 cm³/mol. The van der Waals surface area contributed by atoms with Gasteiger partial charge in [0.25, 0.3) is 0 Å². The van der Waals surface area contributed by atoms with Crippen LogP contribution in [0.2, 0.25) is 0 Å². The predicted octanol–water partition coefficient (Wildman–Crippen LogP) is 2.28. The van der Waals surface area contributed by atoms with Crippen LogP contribution in [0.5, 0.6) is 0 Å². The highest BCUT2D eigenvalue weighted by Crippen LogP contribution is 2.30. The van der Waals surface area contributed by atoms with Gasteiger partial charge in [0, 0.05) is 6.54 Å². The lowest BCUT2D eigenvalue weighted by Crippen LogP contribution is -2.35. The van der Waals surface area contributed by atoms with Gasteiger partial charge < -0.3 is 11.1 Å². The van der Waals surface area contributed by atoms with E-state index in [0.717, 1.165) is 18.7 Å². The van der Waals surface area contributed by atoms with Crippen LogP contribution in [0.3, 0.4) is 0 Å². The number of rotatable bonds is 5. The number of hydrogen-bond donors (Lipinski definition) is 2. The molecule has 0 spiro atoms. The lowest BCUT2D eigenvalue weighted by molar-refractivity contribution is -0.122. The van der Waals surface area contributed by atoms with E-state index in [1.165, 1.54) is 19.3 Å². The Kier molecular flexibility index (Phi) is 4.97. The third-order valence-electron chi connectivity index (χ3n) is 4.35. The highest BCUT2D eigenvalue weighted by molar-refractivity contribution is 5.83. The van der Waals surface area contributed by atoms with E-state index < -0.39 is 0 Å². The van der Waals surface area contributed by atoms with Crippen molar-refractivity contribution in [2.24, 2.45) is 17.6 Å². The maximum Gasteiger partial charge on any atom is 0.227 e. The molecule has 0 aliphatic heterocycles. The van der Waals surface area contributed by atoms with Gasteiger partial charge in [-0.05, 0) is 43.7 Å². The maximum absolute atomic E-state index is 12.2. The summed E-state index contributed by atoms with van der Waals surface area (Å²) in [7, 11) is 0. The molecule has 19 heavy (non-hydrogen) atoms. The van der Waals surface area contributed by atoms with Gasteiger partial charge in [-0.2, -0.15) is 0 Å². The summed E-state index contributed by atoms with van der Waals surface area (Å²) in [5.41, 5.74) is 6.84. The van der Waals surface area contributed by atoms with Crippen molar-refractivity contribution >= 4 is 5.91 Å². The second-order valence-corrected chi connectivity index (χ2v) is 5.56. The first-order valence-corrected chi connectivity index (χ1v) is 7.25. The van der Waals surface area contributed by atoms with E-state index >= 15 is 0 Å². The van der Waals surface area contributed by atoms with Crippen LogP contribution in [-0.4, -0.2) is 19.0 Å². The molecule has 3 unspecified atom stereocenters. The molecule has 1 aliphatic rings. The molecule has 2 rings (SSSR count). The summed E-state index contributed by atoms with van der Waals surface area (Å²) in [6.07, 6.45) is 3.66. The Morgan fingerprint density at radius 1 is 1.32 bits per heavy atom. The van der Waals surface area contributed by atoms with Crippen LogP contribution in [0.1, 0.15) is 37.7 Å². The van der Waals surface area contributed by atoms with E-state index in [9.17, 15) is 4.79 Å². The minimum Gasteiger partial charge on any atom is -0.355 e. The summed E-state index contributed by atoms with van der Waals surface area (Å²) < 4.78 is 0. The maximum atomic E-state index is 12.2. The zero-order valence-electron chi connectivity index (χ0n) is 11.6. The Morgan fingerprint density at radius 2 is 2.00 bits per heavy atom. The van der Waals surface area contributed by atoms with Crippen molar-refractivity contribution in [1.82, 2.24) is 5.32 Å². The van der Waals surface area contributed by atoms with Crippen molar-refractivity contribution in [3.63, 3.8) is 0 Å². The van der Waals surface area contributed by atoms with Crippen molar-refractivity contribution in [2.45, 2.75) is 32.1 Å². The fourth-order valence-electron chi connectivity index (χ4n) is 2.97. The van der Waals surface area contributed by atoms with Crippen molar-refractivity contribution in [3.8, 4) is 0 Å². The topological polar surface area (TPSA) is 55.1 Å². The average molecular weight is 260 g/mol. The minimum atomic E-state index is -0.0843. The molecule has 104 valence electrons. The van der Waals surface area contributed by atoms with Crippen LogP contribution in [-0.2, 0) is 4.79 Å². The van der Waals surface area contributed by atoms with E-state index in [2.05, 4.69) is 5.32 Å². The Hall–Kier alpha value is -1.35. The van der Waals surface area contributed by atoms with Gasteiger partial charge in [-0.1, -0.05) is 36.8 Å². The third kappa shape index (κ3) is 3.57. The van der Waals surface area contributed by atoms with E-state index in [1.807, 2.05) is 37.3 Å². The third-order valence-corrected chi connectivity index (χ3v) is 4.35. The first kappa shape index (κ1) is 14.1. The minimum absolute atomic E-state index is 0.0843. The Bertz CT molecular complexity index is 404. The van der Waals surface area contributed by atoms with E-state index in [1.54, 1.807) is 0 Å². The second-order valence-electron chi connectivity index (χ2n) is 5.56. The van der Waals surface area contributed by atoms with Gasteiger partial charge in [-0.3, -0.25) is 4.79 Å². The van der Waals surface area contributed by atoms with Crippen molar-refractivity contribution in [2.75, 3.05) is 13.1 Å². The molecule has 0 radical (unpaired) electrons. The van der Waals surface area contributed by atoms with Crippen LogP contribution in [0, 0.1) is 11.8 Å². The average Bonchev–Trinajstić information content (AvgIpc) is 2.92. The molecule has 3 nitrogen and oxygen atoms in total. The van der Waals surface area contributed by atoms with Crippen LogP contribution in [0.25, 0.3) is 0 Å². The molecule has 1 aromatic carbocycles. The molecule has 3 heteroatoms. The quantitative estimate of drug-likeness (QED) is 0.853. The Morgan fingerprint density at radius 3 is 2.68 bits per heavy atom. The lowest BCUT2D eigenvalue weighted by Gasteiger charge is -2.20. The smallest absolute Gasteiger partial charge is 0.227 e. The normalized spacial score (nSPS) is 24.1. The van der Waals surface area contributed by atoms with Crippen LogP contribution in [0.15, 0.2) is 30.3 Å². The van der Waals surface area contributed by atoms with Crippen molar-refractivity contribution in [3.05, 3.63) is 35.9 Å². The molecule has 0 heterocycles. The molecule has 3 atom stereocenters. The molecule has 3 N–H and O–H groups in total. The standard InChI is InChI=1S/C16H24N2O/c1-12(13-6-3-2-4-7-13)16(19)18-11-15-9-5-8-14(15)10-17/h2-4,6-7,12,14-15H,5,8-11,17H2,1H3,(H,18,19). The van der Waals surface area contributed by atoms with Crippen molar-refractivity contribution in [1.29, 1.82) is 0 Å². The number of benzene rings is 1. The van der Waals surface area contributed by atoms with Gasteiger partial charge in [-0.25, -0.2) is 0 Å². The van der Waals surface area contributed by atoms with E-state index in [4.69, 9.17) is 5.73 Å². The largest absolute Gasteiger partial charge is 0.355 e. The van der Waals surface area contributed by atoms with Crippen LogP contribution < -0.4 is 11.1 Å². The van der Waals surface area contributed by atoms with Gasteiger partial charge in [0.15, 0.2) is 0 Å². The van der Waals surface area contributed by atoms with Gasteiger partial charge in [-0.15, -0.1) is 0 Å². The van der Waals surface area contributed by atoms with Crippen LogP contribution in [0.4, 0.5) is 0 Å². The van der Waals surface area contributed by atoms with Gasteiger partial charge in [0.05, 0.1) is 5.92 Å². The number of carbonyl (C=O) groups excluding carboxylic acids is 1. The number of amides is 1. The molecule has 1 fully saturated rings. The molecule has 0 aromatic heterocycles. The zero-order valence-corrected chi connectivity index (χ0v) is 11.6. The summed E-state index contributed by atoms with van der Waals surface area (Å²) >= 11 is 0. The van der Waals surface area contributed by atoms with Crippen molar-refractivity contribution < 1.29 is 4.79 Å². The van der Waals surface area contributed by atoms with E-state index in [0.29, 0.717) is 11.8 Å². The summed E-state index contributed by atoms with van der Waals surface area (Å²) in [5, 5.41) is 3.09. The fourth-order valence-corrected chi connectivity index (χ4v) is 2.97. The SMILES string of the molecule is CC(C(=O)NCC1CCCC1CN)c1ccccc1. The second kappa shape index (κ2) is 6.71. The lowest BCUT2D eigenvalue weighted by atomic mass is 9.95. The molecule has 1 aromatic rings. The van der Waals surface area contributed by atoms with Gasteiger partial charge in [0.1, 0.15) is 0 Å². The van der Waals surface area contributed by atoms with Gasteiger partial charge >= 0.3 is 0 Å². The first-order valence-electron chi connectivity index (χ1n) is 7.25. The summed E-state index contributed by atoms with van der Waals surface area (Å²) in [6, 6.07) is 9.92. The molecule has 1 amide bonds. The number of nitrogens with one attached hydrogen (secondary N) is 1. The molecule has 0 saturated heterocycles. The molecule has 0 bridgehead atoms. The fraction of sp³-hybridized carbons (Fsp3) is 0.562. The molecular formula is C16H24N2O. The highest BCUT2D eigenvalue weighted by Gasteiger charge is 2.26. The number of carbonyl (C=O) groups is 1. The molecular weight excluding hydrogens is 236 g/mol. The van der Waals surface area contributed by atoms with Gasteiger partial charge in [0.2, 0.25) is 5.91 Å². The van der Waals surface area contributed by atoms with Crippen LogP contribution >= 0.6 is 0 Å². The summed E-state index contributed by atoms with van der Waals surface area (Å²) in [4.78, 5) is 12.2. The Labute approximate surface area is 115 Å². The molecule has 1 saturated carbocycles. The molecule has 1 aliphatic carbocycles. The zero-order chi connectivity index (χ0) is 13.7. The van der Waals surface area contributed by atoms with E-state index in [-0.39, 0.29) is 11.8 Å². The summed E-state index contributed by atoms with van der Waals surface area (Å²) in [6.45, 7) is 3.48. The first-order chi connectivity index (χ1) is 9.22. The summed E-state index contributed by atoms with van der Waals surface area (Å²) in [5.74, 6) is 1.19. The monoisotopic (exact) mass is 260 g/mol. The Balaban J connectivity index is 1.84.